The van der Waals surface area contributed by atoms with Crippen molar-refractivity contribution >= 4 is 0 Å². The molecular formula is C11H23F3N2. The average Bonchev–Trinajstić information content (AvgIpc) is 2.19. The summed E-state index contributed by atoms with van der Waals surface area (Å²) >= 11 is 0. The minimum atomic E-state index is -4.05. The molecule has 0 aliphatic carbocycles. The van der Waals surface area contributed by atoms with E-state index in [2.05, 4.69) is 12.2 Å². The van der Waals surface area contributed by atoms with Gasteiger partial charge in [-0.3, -0.25) is 0 Å². The molecule has 0 rings (SSSR count). The number of halogens is 3. The molecule has 0 spiro atoms. The SMILES string of the molecule is CCCC(CNCC)N(C)CCC(F)(F)F. The lowest BCUT2D eigenvalue weighted by Crippen LogP contribution is -2.41. The fourth-order valence-electron chi connectivity index (χ4n) is 1.61. The van der Waals surface area contributed by atoms with Crippen molar-refractivity contribution in [2.75, 3.05) is 26.7 Å². The van der Waals surface area contributed by atoms with Crippen molar-refractivity contribution in [2.45, 2.75) is 45.3 Å². The molecule has 2 nitrogen and oxygen atoms in total. The Morgan fingerprint density at radius 1 is 1.25 bits per heavy atom. The van der Waals surface area contributed by atoms with Crippen LogP contribution >= 0.6 is 0 Å². The molecule has 16 heavy (non-hydrogen) atoms. The predicted molar refractivity (Wildman–Crippen MR) is 60.5 cm³/mol. The van der Waals surface area contributed by atoms with Crippen molar-refractivity contribution in [3.63, 3.8) is 0 Å². The molecule has 0 bridgehead atoms. The molecule has 0 heterocycles. The summed E-state index contributed by atoms with van der Waals surface area (Å²) < 4.78 is 36.2. The van der Waals surface area contributed by atoms with E-state index in [0.29, 0.717) is 0 Å². The number of hydrogen-bond acceptors (Lipinski definition) is 2. The molecule has 0 saturated heterocycles. The normalized spacial score (nSPS) is 14.4. The van der Waals surface area contributed by atoms with Gasteiger partial charge >= 0.3 is 6.18 Å². The third-order valence-electron chi connectivity index (χ3n) is 2.62. The van der Waals surface area contributed by atoms with Crippen LogP contribution in [0.3, 0.4) is 0 Å². The highest BCUT2D eigenvalue weighted by Gasteiger charge is 2.28. The van der Waals surface area contributed by atoms with E-state index in [-0.39, 0.29) is 12.6 Å². The maximum absolute atomic E-state index is 12.1. The Bertz CT molecular complexity index is 171. The highest BCUT2D eigenvalue weighted by molar-refractivity contribution is 4.71. The van der Waals surface area contributed by atoms with Gasteiger partial charge in [0, 0.05) is 19.1 Å². The third-order valence-corrected chi connectivity index (χ3v) is 2.62. The van der Waals surface area contributed by atoms with Crippen molar-refractivity contribution in [3.05, 3.63) is 0 Å². The molecule has 0 amide bonds. The number of rotatable bonds is 8. The summed E-state index contributed by atoms with van der Waals surface area (Å²) in [6, 6.07) is 0.201. The Hall–Kier alpha value is -0.290. The Balaban J connectivity index is 4.00. The first-order chi connectivity index (χ1) is 7.40. The van der Waals surface area contributed by atoms with Crippen LogP contribution in [-0.2, 0) is 0 Å². The summed E-state index contributed by atoms with van der Waals surface area (Å²) in [6.07, 6.45) is -2.85. The number of likely N-dealkylation sites (N-methyl/N-ethyl adjacent to an activating group) is 2. The second-order valence-corrected chi connectivity index (χ2v) is 4.10. The maximum atomic E-state index is 12.1. The van der Waals surface area contributed by atoms with E-state index < -0.39 is 12.6 Å². The van der Waals surface area contributed by atoms with Crippen LogP contribution in [0.1, 0.15) is 33.1 Å². The van der Waals surface area contributed by atoms with Crippen LogP contribution in [0.4, 0.5) is 13.2 Å². The monoisotopic (exact) mass is 240 g/mol. The highest BCUT2D eigenvalue weighted by Crippen LogP contribution is 2.20. The van der Waals surface area contributed by atoms with Gasteiger partial charge in [-0.05, 0) is 20.0 Å². The van der Waals surface area contributed by atoms with Crippen LogP contribution < -0.4 is 5.32 Å². The largest absolute Gasteiger partial charge is 0.390 e. The Morgan fingerprint density at radius 3 is 2.31 bits per heavy atom. The van der Waals surface area contributed by atoms with E-state index in [4.69, 9.17) is 0 Å². The molecule has 0 fully saturated rings. The fraction of sp³-hybridized carbons (Fsp3) is 1.00. The summed E-state index contributed by atoms with van der Waals surface area (Å²) in [5, 5.41) is 3.19. The summed E-state index contributed by atoms with van der Waals surface area (Å²) in [4.78, 5) is 1.81. The minimum Gasteiger partial charge on any atom is -0.315 e. The van der Waals surface area contributed by atoms with Crippen LogP contribution in [0.25, 0.3) is 0 Å². The van der Waals surface area contributed by atoms with Gasteiger partial charge < -0.3 is 10.2 Å². The lowest BCUT2D eigenvalue weighted by Gasteiger charge is -2.28. The first kappa shape index (κ1) is 15.7. The molecule has 0 aromatic heterocycles. The quantitative estimate of drug-likeness (QED) is 0.701. The van der Waals surface area contributed by atoms with Gasteiger partial charge in [0.2, 0.25) is 0 Å². The van der Waals surface area contributed by atoms with Gasteiger partial charge in [0.25, 0.3) is 0 Å². The van der Waals surface area contributed by atoms with Crippen molar-refractivity contribution in [1.29, 1.82) is 0 Å². The highest BCUT2D eigenvalue weighted by atomic mass is 19.4. The molecule has 0 aromatic carbocycles. The third kappa shape index (κ3) is 7.93. The number of alkyl halides is 3. The molecule has 98 valence electrons. The van der Waals surface area contributed by atoms with Gasteiger partial charge in [0.05, 0.1) is 6.42 Å². The van der Waals surface area contributed by atoms with E-state index in [1.165, 1.54) is 0 Å². The van der Waals surface area contributed by atoms with Crippen LogP contribution in [0.15, 0.2) is 0 Å². The Labute approximate surface area is 96.2 Å². The fourth-order valence-corrected chi connectivity index (χ4v) is 1.61. The zero-order valence-corrected chi connectivity index (χ0v) is 10.4. The summed E-state index contributed by atoms with van der Waals surface area (Å²) in [5.74, 6) is 0. The maximum Gasteiger partial charge on any atom is 0.390 e. The smallest absolute Gasteiger partial charge is 0.315 e. The molecule has 0 aliphatic heterocycles. The zero-order valence-electron chi connectivity index (χ0n) is 10.4. The first-order valence-electron chi connectivity index (χ1n) is 5.88. The Kier molecular flexibility index (Phi) is 7.76. The van der Waals surface area contributed by atoms with Crippen molar-refractivity contribution in [3.8, 4) is 0 Å². The van der Waals surface area contributed by atoms with E-state index in [9.17, 15) is 13.2 Å². The van der Waals surface area contributed by atoms with E-state index in [0.717, 1.165) is 25.9 Å². The van der Waals surface area contributed by atoms with Crippen LogP contribution in [-0.4, -0.2) is 43.8 Å². The molecule has 0 aliphatic rings. The lowest BCUT2D eigenvalue weighted by atomic mass is 10.1. The van der Waals surface area contributed by atoms with Gasteiger partial charge in [0.1, 0.15) is 0 Å². The van der Waals surface area contributed by atoms with Crippen LogP contribution in [0.2, 0.25) is 0 Å². The van der Waals surface area contributed by atoms with Gasteiger partial charge in [-0.25, -0.2) is 0 Å². The van der Waals surface area contributed by atoms with Crippen molar-refractivity contribution < 1.29 is 13.2 Å². The van der Waals surface area contributed by atoms with Crippen molar-refractivity contribution in [2.24, 2.45) is 0 Å². The van der Waals surface area contributed by atoms with E-state index in [1.54, 1.807) is 11.9 Å². The predicted octanol–water partition coefficient (Wildman–Crippen LogP) is 2.65. The van der Waals surface area contributed by atoms with Crippen LogP contribution in [0, 0.1) is 0 Å². The molecule has 0 radical (unpaired) electrons. The lowest BCUT2D eigenvalue weighted by molar-refractivity contribution is -0.138. The topological polar surface area (TPSA) is 15.3 Å². The zero-order chi connectivity index (χ0) is 12.6. The molecule has 1 N–H and O–H groups in total. The van der Waals surface area contributed by atoms with E-state index in [1.807, 2.05) is 6.92 Å². The summed E-state index contributed by atoms with van der Waals surface area (Å²) in [7, 11) is 1.77. The number of nitrogens with one attached hydrogen (secondary N) is 1. The van der Waals surface area contributed by atoms with Gasteiger partial charge in [0.15, 0.2) is 0 Å². The number of hydrogen-bond donors (Lipinski definition) is 1. The molecular weight excluding hydrogens is 217 g/mol. The Morgan fingerprint density at radius 2 is 1.88 bits per heavy atom. The standard InChI is InChI=1S/C11H23F3N2/c1-4-6-10(9-15-5-2)16(3)8-7-11(12,13)14/h10,15H,4-9H2,1-3H3. The second-order valence-electron chi connectivity index (χ2n) is 4.10. The van der Waals surface area contributed by atoms with Gasteiger partial charge in [-0.2, -0.15) is 13.2 Å². The van der Waals surface area contributed by atoms with Crippen LogP contribution in [0.5, 0.6) is 0 Å². The molecule has 0 aromatic rings. The first-order valence-corrected chi connectivity index (χ1v) is 5.88. The van der Waals surface area contributed by atoms with Gasteiger partial charge in [-0.15, -0.1) is 0 Å². The minimum absolute atomic E-state index is 0.0829. The van der Waals surface area contributed by atoms with Gasteiger partial charge in [-0.1, -0.05) is 20.3 Å². The average molecular weight is 240 g/mol. The summed E-state index contributed by atoms with van der Waals surface area (Å²) in [5.41, 5.74) is 0. The van der Waals surface area contributed by atoms with Crippen molar-refractivity contribution in [1.82, 2.24) is 10.2 Å². The molecule has 5 heteroatoms. The molecule has 1 unspecified atom stereocenters. The summed E-state index contributed by atoms with van der Waals surface area (Å²) in [6.45, 7) is 5.75. The number of nitrogens with zero attached hydrogens (tertiary/aromatic N) is 1. The molecule has 1 atom stereocenters. The molecule has 0 saturated carbocycles. The van der Waals surface area contributed by atoms with E-state index >= 15 is 0 Å². The second kappa shape index (κ2) is 7.90.